The van der Waals surface area contributed by atoms with Crippen LogP contribution in [0.25, 0.3) is 11.4 Å². The van der Waals surface area contributed by atoms with Gasteiger partial charge in [0.25, 0.3) is 15.9 Å². The molecule has 54 heavy (non-hydrogen) atoms. The minimum Gasteiger partial charge on any atom is -0.462 e. The van der Waals surface area contributed by atoms with E-state index in [1.54, 1.807) is 68.6 Å². The van der Waals surface area contributed by atoms with Crippen LogP contribution >= 0.6 is 0 Å². The molecule has 0 spiro atoms. The van der Waals surface area contributed by atoms with E-state index in [1.165, 1.54) is 68.9 Å². The highest BCUT2D eigenvalue weighted by Gasteiger charge is 2.39. The largest absolute Gasteiger partial charge is 0.462 e. The fraction of sp³-hybridized carbons (Fsp3) is 0.400. The number of aromatic nitrogens is 3. The molecule has 1 aromatic heterocycles. The number of unbranched alkanes of at least 4 members (excludes halogenated alkanes) is 9. The van der Waals surface area contributed by atoms with Crippen LogP contribution in [-0.2, 0) is 24.3 Å². The van der Waals surface area contributed by atoms with E-state index in [0.717, 1.165) is 23.9 Å². The Morgan fingerprint density at radius 2 is 1.48 bits per heavy atom. The van der Waals surface area contributed by atoms with Crippen molar-refractivity contribution >= 4 is 51.0 Å². The molecule has 13 nitrogen and oxygen atoms in total. The number of nitrogens with one attached hydrogen (secondary N) is 2. The molecule has 0 fully saturated rings. The average Bonchev–Trinajstić information content (AvgIpc) is 3.56. The number of hydrogen-bond acceptors (Lipinski definition) is 9. The van der Waals surface area contributed by atoms with E-state index in [9.17, 15) is 22.8 Å². The lowest BCUT2D eigenvalue weighted by molar-refractivity contribution is -0.118. The van der Waals surface area contributed by atoms with Crippen molar-refractivity contribution in [2.45, 2.75) is 95.9 Å². The van der Waals surface area contributed by atoms with Gasteiger partial charge in [-0.3, -0.25) is 14.9 Å². The third-order valence-corrected chi connectivity index (χ3v) is 10.5. The highest BCUT2D eigenvalue weighted by Crippen LogP contribution is 2.35. The van der Waals surface area contributed by atoms with E-state index < -0.39 is 33.8 Å². The van der Waals surface area contributed by atoms with E-state index in [4.69, 9.17) is 4.74 Å². The van der Waals surface area contributed by atoms with Crippen LogP contribution in [-0.4, -0.2) is 60.5 Å². The van der Waals surface area contributed by atoms with Crippen molar-refractivity contribution in [2.24, 2.45) is 4.40 Å². The molecule has 1 unspecified atom stereocenters. The number of ether oxygens (including phenoxy) is 1. The van der Waals surface area contributed by atoms with E-state index in [-0.39, 0.29) is 34.7 Å². The normalized spacial score (nSPS) is 13.8. The van der Waals surface area contributed by atoms with Gasteiger partial charge in [0, 0.05) is 25.2 Å². The summed E-state index contributed by atoms with van der Waals surface area (Å²) in [5.41, 5.74) is 2.07. The summed E-state index contributed by atoms with van der Waals surface area (Å²) in [5.74, 6) is -1.86. The van der Waals surface area contributed by atoms with Crippen LogP contribution in [0.15, 0.2) is 82.1 Å². The van der Waals surface area contributed by atoms with Crippen LogP contribution in [0.1, 0.15) is 100 Å². The summed E-state index contributed by atoms with van der Waals surface area (Å²) in [5, 5.41) is 10.1. The Morgan fingerprint density at radius 3 is 2.17 bits per heavy atom. The van der Waals surface area contributed by atoms with Crippen LogP contribution in [0.5, 0.6) is 0 Å². The van der Waals surface area contributed by atoms with Gasteiger partial charge in [0.1, 0.15) is 4.90 Å². The monoisotopic (exact) mass is 755 g/mol. The topological polar surface area (TPSA) is 165 Å². The summed E-state index contributed by atoms with van der Waals surface area (Å²) in [4.78, 5) is 46.0. The molecule has 14 heteroatoms. The summed E-state index contributed by atoms with van der Waals surface area (Å²) in [6.45, 7) is 5.56. The zero-order valence-corrected chi connectivity index (χ0v) is 32.2. The SMILES string of the molecule is CCCCCCCCCCCCOC(=O)c1ccc(C)c(NC(=O)C(C2=NS(=O)(=O)c3ccccc3N2C)n2nc(-c3ccccc3)nc2NC(C)=O)c1. The van der Waals surface area contributed by atoms with Crippen LogP contribution < -0.4 is 15.5 Å². The number of aryl methyl sites for hydroxylation is 1. The summed E-state index contributed by atoms with van der Waals surface area (Å²) >= 11 is 0. The highest BCUT2D eigenvalue weighted by molar-refractivity contribution is 7.90. The fourth-order valence-electron chi connectivity index (χ4n) is 6.26. The molecule has 1 aliphatic rings. The third-order valence-electron chi connectivity index (χ3n) is 9.21. The number of likely N-dealkylation sites (N-methyl/N-ethyl adjacent to an activating group) is 1. The van der Waals surface area contributed by atoms with Gasteiger partial charge < -0.3 is 15.0 Å². The second kappa shape index (κ2) is 18.6. The zero-order chi connectivity index (χ0) is 38.7. The van der Waals surface area contributed by atoms with Gasteiger partial charge in [0.05, 0.1) is 17.9 Å². The zero-order valence-electron chi connectivity index (χ0n) is 31.4. The van der Waals surface area contributed by atoms with Crippen LogP contribution in [0.4, 0.5) is 17.3 Å². The molecular formula is C40H49N7O6S. The molecule has 2 N–H and O–H groups in total. The Hall–Kier alpha value is -5.37. The Bertz CT molecular complexity index is 2080. The van der Waals surface area contributed by atoms with Crippen molar-refractivity contribution in [3.63, 3.8) is 0 Å². The summed E-state index contributed by atoms with van der Waals surface area (Å²) < 4.78 is 37.9. The Kier molecular flexibility index (Phi) is 13.7. The molecule has 0 bridgehead atoms. The molecule has 2 heterocycles. The van der Waals surface area contributed by atoms with Gasteiger partial charge in [-0.05, 0) is 43.2 Å². The molecule has 0 saturated carbocycles. The number of fused-ring (bicyclic) bond motifs is 1. The first-order valence-electron chi connectivity index (χ1n) is 18.6. The lowest BCUT2D eigenvalue weighted by atomic mass is 10.1. The number of nitrogens with zero attached hydrogens (tertiary/aromatic N) is 5. The van der Waals surface area contributed by atoms with Gasteiger partial charge in [-0.15, -0.1) is 9.50 Å². The summed E-state index contributed by atoms with van der Waals surface area (Å²) in [6.07, 6.45) is 11.7. The van der Waals surface area contributed by atoms with E-state index in [0.29, 0.717) is 22.5 Å². The van der Waals surface area contributed by atoms with Gasteiger partial charge in [0.2, 0.25) is 11.9 Å². The minimum atomic E-state index is -4.26. The van der Waals surface area contributed by atoms with Gasteiger partial charge in [-0.25, -0.2) is 9.48 Å². The Morgan fingerprint density at radius 1 is 0.833 bits per heavy atom. The summed E-state index contributed by atoms with van der Waals surface area (Å²) in [7, 11) is -2.66. The van der Waals surface area contributed by atoms with Crippen molar-refractivity contribution in [3.8, 4) is 11.4 Å². The highest BCUT2D eigenvalue weighted by atomic mass is 32.2. The smallest absolute Gasteiger partial charge is 0.338 e. The number of esters is 1. The molecule has 4 aromatic rings. The van der Waals surface area contributed by atoms with Crippen molar-refractivity contribution in [1.29, 1.82) is 0 Å². The predicted molar refractivity (Wildman–Crippen MR) is 210 cm³/mol. The number of hydrogen-bond donors (Lipinski definition) is 2. The van der Waals surface area contributed by atoms with Gasteiger partial charge in [-0.2, -0.15) is 13.4 Å². The first kappa shape index (κ1) is 39.8. The van der Waals surface area contributed by atoms with Crippen LogP contribution in [0, 0.1) is 6.92 Å². The first-order valence-corrected chi connectivity index (χ1v) is 20.0. The number of anilines is 3. The van der Waals surface area contributed by atoms with Crippen molar-refractivity contribution in [3.05, 3.63) is 83.9 Å². The average molecular weight is 756 g/mol. The maximum absolute atomic E-state index is 14.6. The lowest BCUT2D eigenvalue weighted by Gasteiger charge is -2.31. The van der Waals surface area contributed by atoms with Crippen molar-refractivity contribution in [1.82, 2.24) is 14.8 Å². The molecule has 5 rings (SSSR count). The number of carbonyl (C=O) groups is 3. The summed E-state index contributed by atoms with van der Waals surface area (Å²) in [6, 6.07) is 18.5. The molecule has 1 aliphatic heterocycles. The number of benzene rings is 3. The second-order valence-electron chi connectivity index (χ2n) is 13.4. The minimum absolute atomic E-state index is 0.0269. The van der Waals surface area contributed by atoms with Crippen LogP contribution in [0.3, 0.4) is 0 Å². The van der Waals surface area contributed by atoms with Crippen molar-refractivity contribution in [2.75, 3.05) is 29.2 Å². The second-order valence-corrected chi connectivity index (χ2v) is 15.0. The van der Waals surface area contributed by atoms with E-state index in [1.807, 2.05) is 6.07 Å². The first-order chi connectivity index (χ1) is 26.0. The molecule has 0 radical (unpaired) electrons. The molecule has 2 amide bonds. The lowest BCUT2D eigenvalue weighted by Crippen LogP contribution is -2.44. The maximum Gasteiger partial charge on any atom is 0.338 e. The number of amides is 2. The standard InChI is InChI=1S/C40H49N7O6S/c1-5-6-7-8-9-10-11-12-13-19-26-53-39(50)31-25-24-28(2)32(27-31)42-38(49)35(37-45-54(51,52)34-23-18-17-22-33(34)46(37)4)47-40(41-29(3)48)43-36(44-47)30-20-15-14-16-21-30/h14-18,20-25,27,35H,5-13,19,26H2,1-4H3,(H,42,49)(H,41,43,44,48). The molecule has 0 aliphatic carbocycles. The molecule has 1 atom stereocenters. The Balaban J connectivity index is 1.39. The molecule has 3 aromatic carbocycles. The Labute approximate surface area is 317 Å². The predicted octanol–water partition coefficient (Wildman–Crippen LogP) is 7.71. The number of para-hydroxylation sites is 1. The molecule has 0 saturated heterocycles. The van der Waals surface area contributed by atoms with Gasteiger partial charge in [0.15, 0.2) is 17.7 Å². The number of carbonyl (C=O) groups excluding carboxylic acids is 3. The number of rotatable bonds is 18. The van der Waals surface area contributed by atoms with E-state index >= 15 is 0 Å². The molecule has 286 valence electrons. The van der Waals surface area contributed by atoms with E-state index in [2.05, 4.69) is 32.0 Å². The van der Waals surface area contributed by atoms with Crippen molar-refractivity contribution < 1.29 is 27.5 Å². The van der Waals surface area contributed by atoms with Gasteiger partial charge in [-0.1, -0.05) is 113 Å². The van der Waals surface area contributed by atoms with Gasteiger partial charge >= 0.3 is 5.97 Å². The van der Waals surface area contributed by atoms with Crippen LogP contribution in [0.2, 0.25) is 0 Å². The molecular weight excluding hydrogens is 707 g/mol. The maximum atomic E-state index is 14.6. The number of amidine groups is 1. The fourth-order valence-corrected chi connectivity index (χ4v) is 7.55. The third kappa shape index (κ3) is 9.98. The quantitative estimate of drug-likeness (QED) is 0.0765. The number of sulfonamides is 1.